The van der Waals surface area contributed by atoms with Crippen LogP contribution in [0.25, 0.3) is 10.2 Å². The molecule has 3 nitrogen and oxygen atoms in total. The lowest BCUT2D eigenvalue weighted by atomic mass is 10.1. The normalized spacial score (nSPS) is 23.8. The Hall–Kier alpha value is -1.34. The van der Waals surface area contributed by atoms with Crippen LogP contribution >= 0.6 is 11.3 Å². The summed E-state index contributed by atoms with van der Waals surface area (Å²) in [4.78, 5) is 6.18. The molecule has 1 fully saturated rings. The molecule has 1 saturated heterocycles. The van der Waals surface area contributed by atoms with E-state index in [1.807, 2.05) is 4.90 Å². The third-order valence-corrected chi connectivity index (χ3v) is 4.52. The maximum atomic E-state index is 12.7. The van der Waals surface area contributed by atoms with Crippen molar-refractivity contribution in [3.63, 3.8) is 0 Å². The number of halogens is 3. The first-order chi connectivity index (χ1) is 9.24. The lowest BCUT2D eigenvalue weighted by Crippen LogP contribution is -2.29. The third kappa shape index (κ3) is 2.47. The van der Waals surface area contributed by atoms with Crippen molar-refractivity contribution in [2.75, 3.05) is 18.0 Å². The van der Waals surface area contributed by atoms with E-state index in [2.05, 4.69) is 4.98 Å². The average Bonchev–Trinajstić information content (AvgIpc) is 2.89. The maximum absolute atomic E-state index is 12.7. The average molecular weight is 302 g/mol. The maximum Gasteiger partial charge on any atom is 0.416 e. The van der Waals surface area contributed by atoms with Gasteiger partial charge in [-0.3, -0.25) is 0 Å². The van der Waals surface area contributed by atoms with Crippen molar-refractivity contribution in [2.45, 2.75) is 25.1 Å². The molecule has 1 N–H and O–H groups in total. The zero-order chi connectivity index (χ0) is 14.5. The van der Waals surface area contributed by atoms with Crippen LogP contribution in [0.2, 0.25) is 0 Å². The van der Waals surface area contributed by atoms with Crippen molar-refractivity contribution >= 4 is 26.7 Å². The highest BCUT2D eigenvalue weighted by atomic mass is 32.1. The van der Waals surface area contributed by atoms with E-state index in [1.165, 1.54) is 17.4 Å². The smallest absolute Gasteiger partial charge is 0.388 e. The standard InChI is InChI=1S/C13H13F3N2OS/c1-12(19)4-5-18(7-12)11-17-9-6-8(13(14,15)16)2-3-10(9)20-11/h2-3,6,19H,4-5,7H2,1H3. The fraction of sp³-hybridized carbons (Fsp3) is 0.462. The van der Waals surface area contributed by atoms with E-state index in [4.69, 9.17) is 0 Å². The summed E-state index contributed by atoms with van der Waals surface area (Å²) in [5, 5.41) is 10.6. The number of benzene rings is 1. The predicted octanol–water partition coefficient (Wildman–Crippen LogP) is 3.28. The Morgan fingerprint density at radius 1 is 1.40 bits per heavy atom. The van der Waals surface area contributed by atoms with E-state index >= 15 is 0 Å². The van der Waals surface area contributed by atoms with Gasteiger partial charge in [0.15, 0.2) is 5.13 Å². The number of anilines is 1. The van der Waals surface area contributed by atoms with Gasteiger partial charge in [-0.05, 0) is 31.5 Å². The zero-order valence-electron chi connectivity index (χ0n) is 10.7. The molecule has 1 aromatic heterocycles. The molecule has 3 rings (SSSR count). The first kappa shape index (κ1) is 13.6. The number of aromatic nitrogens is 1. The SMILES string of the molecule is CC1(O)CCN(c2nc3cc(C(F)(F)F)ccc3s2)C1. The van der Waals surface area contributed by atoms with E-state index in [-0.39, 0.29) is 0 Å². The van der Waals surface area contributed by atoms with E-state index in [1.54, 1.807) is 6.92 Å². The van der Waals surface area contributed by atoms with Crippen molar-refractivity contribution in [3.8, 4) is 0 Å². The first-order valence-electron chi connectivity index (χ1n) is 6.20. The van der Waals surface area contributed by atoms with Crippen LogP contribution in [0.3, 0.4) is 0 Å². The highest BCUT2D eigenvalue weighted by molar-refractivity contribution is 7.22. The van der Waals surface area contributed by atoms with Crippen molar-refractivity contribution in [1.29, 1.82) is 0 Å². The molecular weight excluding hydrogens is 289 g/mol. The second kappa shape index (κ2) is 4.33. The summed E-state index contributed by atoms with van der Waals surface area (Å²) >= 11 is 1.35. The van der Waals surface area contributed by atoms with E-state index in [9.17, 15) is 18.3 Å². The fourth-order valence-corrected chi connectivity index (χ4v) is 3.31. The summed E-state index contributed by atoms with van der Waals surface area (Å²) in [5.74, 6) is 0. The summed E-state index contributed by atoms with van der Waals surface area (Å²) in [5.41, 5.74) is -1.09. The van der Waals surface area contributed by atoms with Crippen LogP contribution in [0.1, 0.15) is 18.9 Å². The molecule has 0 saturated carbocycles. The van der Waals surface area contributed by atoms with E-state index in [0.717, 1.165) is 16.8 Å². The molecule has 0 radical (unpaired) electrons. The van der Waals surface area contributed by atoms with Gasteiger partial charge in [0.2, 0.25) is 0 Å². The van der Waals surface area contributed by atoms with Crippen molar-refractivity contribution < 1.29 is 18.3 Å². The molecule has 7 heteroatoms. The Morgan fingerprint density at radius 2 is 2.15 bits per heavy atom. The molecule has 1 aliphatic heterocycles. The first-order valence-corrected chi connectivity index (χ1v) is 7.01. The number of hydrogen-bond donors (Lipinski definition) is 1. The van der Waals surface area contributed by atoms with Gasteiger partial charge in [0, 0.05) is 13.1 Å². The molecule has 0 spiro atoms. The lowest BCUT2D eigenvalue weighted by molar-refractivity contribution is -0.137. The lowest BCUT2D eigenvalue weighted by Gasteiger charge is -2.17. The summed E-state index contributed by atoms with van der Waals surface area (Å²) in [6.45, 7) is 2.87. The molecule has 1 atom stereocenters. The number of fused-ring (bicyclic) bond motifs is 1. The number of rotatable bonds is 1. The van der Waals surface area contributed by atoms with Crippen LogP contribution in [-0.2, 0) is 6.18 Å². The number of nitrogens with zero attached hydrogens (tertiary/aromatic N) is 2. The van der Waals surface area contributed by atoms with Gasteiger partial charge in [-0.25, -0.2) is 4.98 Å². The minimum absolute atomic E-state index is 0.353. The van der Waals surface area contributed by atoms with Crippen LogP contribution in [-0.4, -0.2) is 28.8 Å². The van der Waals surface area contributed by atoms with Crippen LogP contribution in [0.5, 0.6) is 0 Å². The van der Waals surface area contributed by atoms with Crippen molar-refractivity contribution in [1.82, 2.24) is 4.98 Å². The highest BCUT2D eigenvalue weighted by Gasteiger charge is 2.33. The summed E-state index contributed by atoms with van der Waals surface area (Å²) in [7, 11) is 0. The molecule has 0 bridgehead atoms. The van der Waals surface area contributed by atoms with Gasteiger partial charge in [0.25, 0.3) is 0 Å². The quantitative estimate of drug-likeness (QED) is 0.878. The number of β-amino-alcohol motifs (C(OH)–C–C–N with tert-alkyl or cyclic N) is 1. The monoisotopic (exact) mass is 302 g/mol. The minimum atomic E-state index is -4.35. The molecule has 20 heavy (non-hydrogen) atoms. The number of thiazole rings is 1. The number of alkyl halides is 3. The molecule has 0 aliphatic carbocycles. The number of hydrogen-bond acceptors (Lipinski definition) is 4. The van der Waals surface area contributed by atoms with Crippen LogP contribution < -0.4 is 4.90 Å². The highest BCUT2D eigenvalue weighted by Crippen LogP contribution is 2.36. The topological polar surface area (TPSA) is 36.4 Å². The van der Waals surface area contributed by atoms with Gasteiger partial charge in [0.1, 0.15) is 0 Å². The Labute approximate surface area is 117 Å². The van der Waals surface area contributed by atoms with Gasteiger partial charge in [-0.15, -0.1) is 0 Å². The summed E-state index contributed by atoms with van der Waals surface area (Å²) in [6, 6.07) is 3.60. The zero-order valence-corrected chi connectivity index (χ0v) is 11.6. The minimum Gasteiger partial charge on any atom is -0.388 e. The van der Waals surface area contributed by atoms with Gasteiger partial charge in [0.05, 0.1) is 21.4 Å². The van der Waals surface area contributed by atoms with Gasteiger partial charge < -0.3 is 10.0 Å². The molecule has 2 heterocycles. The largest absolute Gasteiger partial charge is 0.416 e. The summed E-state index contributed by atoms with van der Waals surface area (Å²) in [6.07, 6.45) is -3.72. The Bertz CT molecular complexity index is 651. The van der Waals surface area contributed by atoms with E-state index in [0.29, 0.717) is 30.2 Å². The van der Waals surface area contributed by atoms with Crippen LogP contribution in [0.15, 0.2) is 18.2 Å². The Balaban J connectivity index is 1.95. The predicted molar refractivity (Wildman–Crippen MR) is 72.1 cm³/mol. The van der Waals surface area contributed by atoms with Gasteiger partial charge in [-0.2, -0.15) is 13.2 Å². The van der Waals surface area contributed by atoms with Gasteiger partial charge >= 0.3 is 6.18 Å². The molecule has 2 aromatic rings. The second-order valence-corrected chi connectivity index (χ2v) is 6.35. The third-order valence-electron chi connectivity index (χ3n) is 3.43. The molecule has 108 valence electrons. The van der Waals surface area contributed by atoms with Gasteiger partial charge in [-0.1, -0.05) is 11.3 Å². The van der Waals surface area contributed by atoms with Crippen LogP contribution in [0.4, 0.5) is 18.3 Å². The Kier molecular flexibility index (Phi) is 2.95. The fourth-order valence-electron chi connectivity index (χ4n) is 2.34. The molecule has 1 aromatic carbocycles. The van der Waals surface area contributed by atoms with Crippen molar-refractivity contribution in [2.24, 2.45) is 0 Å². The molecule has 0 amide bonds. The van der Waals surface area contributed by atoms with Crippen molar-refractivity contribution in [3.05, 3.63) is 23.8 Å². The van der Waals surface area contributed by atoms with Crippen LogP contribution in [0, 0.1) is 0 Å². The number of aliphatic hydroxyl groups is 1. The summed E-state index contributed by atoms with van der Waals surface area (Å²) < 4.78 is 38.7. The molecule has 1 unspecified atom stereocenters. The Morgan fingerprint density at radius 3 is 2.75 bits per heavy atom. The molecule has 1 aliphatic rings. The molecular formula is C13H13F3N2OS. The second-order valence-electron chi connectivity index (χ2n) is 5.35. The van der Waals surface area contributed by atoms with E-state index < -0.39 is 17.3 Å².